The van der Waals surface area contributed by atoms with Crippen LogP contribution in [-0.2, 0) is 6.18 Å². The number of benzene rings is 1. The van der Waals surface area contributed by atoms with Gasteiger partial charge in [0.25, 0.3) is 5.91 Å². The number of alkyl halides is 3. The quantitative estimate of drug-likeness (QED) is 0.887. The van der Waals surface area contributed by atoms with Gasteiger partial charge in [-0.15, -0.1) is 0 Å². The largest absolute Gasteiger partial charge is 0.416 e. The molecule has 2 rings (SSSR count). The lowest BCUT2D eigenvalue weighted by Gasteiger charge is -2.10. The van der Waals surface area contributed by atoms with E-state index >= 15 is 0 Å². The van der Waals surface area contributed by atoms with Gasteiger partial charge in [-0.2, -0.15) is 13.2 Å². The third-order valence-corrected chi connectivity index (χ3v) is 2.72. The molecule has 0 radical (unpaired) electrons. The maximum Gasteiger partial charge on any atom is 0.416 e. The molecular formula is C13H10F3N3O. The third-order valence-electron chi connectivity index (χ3n) is 2.72. The molecule has 0 aliphatic heterocycles. The number of aromatic nitrogens is 1. The molecule has 7 heteroatoms. The van der Waals surface area contributed by atoms with Crippen molar-refractivity contribution in [3.8, 4) is 11.3 Å². The molecule has 1 aromatic carbocycles. The van der Waals surface area contributed by atoms with Crippen molar-refractivity contribution in [2.75, 3.05) is 5.73 Å². The van der Waals surface area contributed by atoms with Crippen LogP contribution in [0.2, 0.25) is 0 Å². The highest BCUT2D eigenvalue weighted by Crippen LogP contribution is 2.31. The number of nitrogen functional groups attached to an aromatic ring is 1. The van der Waals surface area contributed by atoms with Crippen molar-refractivity contribution in [1.82, 2.24) is 4.98 Å². The number of nitrogens with zero attached hydrogens (tertiary/aromatic N) is 1. The number of anilines is 1. The Balaban J connectivity index is 2.53. The smallest absolute Gasteiger partial charge is 0.398 e. The molecule has 0 spiro atoms. The summed E-state index contributed by atoms with van der Waals surface area (Å²) in [5, 5.41) is 0. The number of nitrogens with two attached hydrogens (primary N) is 2. The Morgan fingerprint density at radius 1 is 1.10 bits per heavy atom. The zero-order valence-corrected chi connectivity index (χ0v) is 10.1. The highest BCUT2D eigenvalue weighted by molar-refractivity contribution is 6.03. The lowest BCUT2D eigenvalue weighted by molar-refractivity contribution is -0.137. The number of primary amides is 1. The summed E-state index contributed by atoms with van der Waals surface area (Å²) in [7, 11) is 0. The SMILES string of the molecule is NC(=O)c1c(N)ccnc1-c1ccc(C(F)(F)F)cc1. The Bertz CT molecular complexity index is 651. The second kappa shape index (κ2) is 4.84. The molecule has 0 saturated carbocycles. The number of hydrogen-bond acceptors (Lipinski definition) is 3. The van der Waals surface area contributed by atoms with Gasteiger partial charge in [0, 0.05) is 17.4 Å². The maximum absolute atomic E-state index is 12.5. The molecule has 104 valence electrons. The predicted molar refractivity (Wildman–Crippen MR) is 67.6 cm³/mol. The Kier molecular flexibility index (Phi) is 3.35. The van der Waals surface area contributed by atoms with Gasteiger partial charge in [-0.1, -0.05) is 12.1 Å². The first kappa shape index (κ1) is 13.9. The Labute approximate surface area is 112 Å². The van der Waals surface area contributed by atoms with E-state index in [1.54, 1.807) is 0 Å². The van der Waals surface area contributed by atoms with Crippen LogP contribution in [0, 0.1) is 0 Å². The number of carbonyl (C=O) groups excluding carboxylic acids is 1. The van der Waals surface area contributed by atoms with E-state index in [4.69, 9.17) is 11.5 Å². The van der Waals surface area contributed by atoms with E-state index in [1.807, 2.05) is 0 Å². The lowest BCUT2D eigenvalue weighted by atomic mass is 10.0. The lowest BCUT2D eigenvalue weighted by Crippen LogP contribution is -2.15. The van der Waals surface area contributed by atoms with Crippen molar-refractivity contribution in [3.05, 3.63) is 47.7 Å². The minimum Gasteiger partial charge on any atom is -0.398 e. The number of halogens is 3. The highest BCUT2D eigenvalue weighted by Gasteiger charge is 2.30. The van der Waals surface area contributed by atoms with Gasteiger partial charge in [-0.25, -0.2) is 0 Å². The molecule has 20 heavy (non-hydrogen) atoms. The normalized spacial score (nSPS) is 11.3. The first-order valence-corrected chi connectivity index (χ1v) is 5.52. The first-order valence-electron chi connectivity index (χ1n) is 5.52. The average molecular weight is 281 g/mol. The molecule has 0 fully saturated rings. The van der Waals surface area contributed by atoms with Gasteiger partial charge in [-0.3, -0.25) is 9.78 Å². The molecule has 1 aromatic heterocycles. The average Bonchev–Trinajstić information content (AvgIpc) is 2.37. The standard InChI is InChI=1S/C13H10F3N3O/c14-13(15,16)8-3-1-7(2-4-8)11-10(12(18)20)9(17)5-6-19-11/h1-6H,(H2,17,19)(H2,18,20). The fraction of sp³-hybridized carbons (Fsp3) is 0.0769. The minimum atomic E-state index is -4.42. The second-order valence-electron chi connectivity index (χ2n) is 4.06. The van der Waals surface area contributed by atoms with E-state index in [2.05, 4.69) is 4.98 Å². The summed E-state index contributed by atoms with van der Waals surface area (Å²) >= 11 is 0. The van der Waals surface area contributed by atoms with Crippen LogP contribution in [0.5, 0.6) is 0 Å². The number of hydrogen-bond donors (Lipinski definition) is 2. The molecule has 4 nitrogen and oxygen atoms in total. The summed E-state index contributed by atoms with van der Waals surface area (Å²) in [4.78, 5) is 15.3. The van der Waals surface area contributed by atoms with Crippen molar-refractivity contribution in [3.63, 3.8) is 0 Å². The van der Waals surface area contributed by atoms with E-state index in [0.29, 0.717) is 5.56 Å². The van der Waals surface area contributed by atoms with E-state index < -0.39 is 17.6 Å². The monoisotopic (exact) mass is 281 g/mol. The molecule has 0 aliphatic carbocycles. The Morgan fingerprint density at radius 3 is 2.20 bits per heavy atom. The molecule has 0 bridgehead atoms. The van der Waals surface area contributed by atoms with Crippen LogP contribution in [0.15, 0.2) is 36.5 Å². The summed E-state index contributed by atoms with van der Waals surface area (Å²) in [6, 6.07) is 5.65. The van der Waals surface area contributed by atoms with Crippen molar-refractivity contribution in [2.24, 2.45) is 5.73 Å². The van der Waals surface area contributed by atoms with E-state index in [-0.39, 0.29) is 16.9 Å². The molecule has 0 atom stereocenters. The van der Waals surface area contributed by atoms with Crippen LogP contribution in [0.3, 0.4) is 0 Å². The second-order valence-corrected chi connectivity index (χ2v) is 4.06. The van der Waals surface area contributed by atoms with Crippen LogP contribution in [0.25, 0.3) is 11.3 Å². The van der Waals surface area contributed by atoms with E-state index in [0.717, 1.165) is 12.1 Å². The zero-order chi connectivity index (χ0) is 14.9. The summed E-state index contributed by atoms with van der Waals surface area (Å²) < 4.78 is 37.5. The number of rotatable bonds is 2. The van der Waals surface area contributed by atoms with Crippen LogP contribution < -0.4 is 11.5 Å². The molecule has 4 N–H and O–H groups in total. The molecule has 1 heterocycles. The molecule has 0 unspecified atom stereocenters. The predicted octanol–water partition coefficient (Wildman–Crippen LogP) is 2.45. The van der Waals surface area contributed by atoms with Crippen molar-refractivity contribution < 1.29 is 18.0 Å². The summed E-state index contributed by atoms with van der Waals surface area (Å²) in [6.45, 7) is 0. The third kappa shape index (κ3) is 2.56. The van der Waals surface area contributed by atoms with Crippen LogP contribution in [0.1, 0.15) is 15.9 Å². The zero-order valence-electron chi connectivity index (χ0n) is 10.1. The summed E-state index contributed by atoms with van der Waals surface area (Å²) in [6.07, 6.45) is -3.07. The maximum atomic E-state index is 12.5. The van der Waals surface area contributed by atoms with Crippen LogP contribution in [-0.4, -0.2) is 10.9 Å². The minimum absolute atomic E-state index is 0.00717. The van der Waals surface area contributed by atoms with Gasteiger partial charge < -0.3 is 11.5 Å². The van der Waals surface area contributed by atoms with Crippen molar-refractivity contribution in [1.29, 1.82) is 0 Å². The van der Waals surface area contributed by atoms with Crippen LogP contribution in [0.4, 0.5) is 18.9 Å². The van der Waals surface area contributed by atoms with E-state index in [1.165, 1.54) is 24.4 Å². The first-order chi connectivity index (χ1) is 9.30. The van der Waals surface area contributed by atoms with Gasteiger partial charge in [0.2, 0.25) is 0 Å². The molecule has 2 aromatic rings. The van der Waals surface area contributed by atoms with Gasteiger partial charge in [-0.05, 0) is 18.2 Å². The number of amides is 1. The Morgan fingerprint density at radius 2 is 1.70 bits per heavy atom. The summed E-state index contributed by atoms with van der Waals surface area (Å²) in [5.74, 6) is -0.787. The highest BCUT2D eigenvalue weighted by atomic mass is 19.4. The van der Waals surface area contributed by atoms with Gasteiger partial charge in [0.15, 0.2) is 0 Å². The number of pyridine rings is 1. The fourth-order valence-electron chi connectivity index (χ4n) is 1.77. The van der Waals surface area contributed by atoms with Gasteiger partial charge in [0.05, 0.1) is 16.8 Å². The van der Waals surface area contributed by atoms with Crippen molar-refractivity contribution >= 4 is 11.6 Å². The number of carbonyl (C=O) groups is 1. The molecule has 1 amide bonds. The fourth-order valence-corrected chi connectivity index (χ4v) is 1.77. The Hall–Kier alpha value is -2.57. The van der Waals surface area contributed by atoms with Gasteiger partial charge >= 0.3 is 6.18 Å². The van der Waals surface area contributed by atoms with E-state index in [9.17, 15) is 18.0 Å². The molecule has 0 saturated heterocycles. The molecule has 0 aliphatic rings. The van der Waals surface area contributed by atoms with Crippen molar-refractivity contribution in [2.45, 2.75) is 6.18 Å². The van der Waals surface area contributed by atoms with Gasteiger partial charge in [0.1, 0.15) is 0 Å². The van der Waals surface area contributed by atoms with Crippen LogP contribution >= 0.6 is 0 Å². The topological polar surface area (TPSA) is 82.0 Å². The summed E-state index contributed by atoms with van der Waals surface area (Å²) in [5.41, 5.74) is 10.7. The molecular weight excluding hydrogens is 271 g/mol.